The SMILES string of the molecule is CC(c1ccccc1)N1CCN(S(=O)(=O)C(C)C)CC1. The average Bonchev–Trinajstić information content (AvgIpc) is 2.47. The maximum atomic E-state index is 12.1. The molecule has 1 fully saturated rings. The van der Waals surface area contributed by atoms with Crippen LogP contribution in [0.15, 0.2) is 30.3 Å². The fraction of sp³-hybridized carbons (Fsp3) is 0.600. The van der Waals surface area contributed by atoms with Gasteiger partial charge in [-0.25, -0.2) is 8.42 Å². The minimum atomic E-state index is -3.11. The molecule has 1 aliphatic rings. The molecule has 0 bridgehead atoms. The Balaban J connectivity index is 1.98. The molecule has 112 valence electrons. The van der Waals surface area contributed by atoms with Gasteiger partial charge in [-0.1, -0.05) is 30.3 Å². The first kappa shape index (κ1) is 15.5. The average molecular weight is 296 g/mol. The van der Waals surface area contributed by atoms with Crippen LogP contribution in [0, 0.1) is 0 Å². The third kappa shape index (κ3) is 3.22. The molecule has 20 heavy (non-hydrogen) atoms. The van der Waals surface area contributed by atoms with E-state index >= 15 is 0 Å². The summed E-state index contributed by atoms with van der Waals surface area (Å²) in [5.74, 6) is 0. The van der Waals surface area contributed by atoms with Crippen LogP contribution >= 0.6 is 0 Å². The van der Waals surface area contributed by atoms with E-state index in [0.29, 0.717) is 19.1 Å². The van der Waals surface area contributed by atoms with Gasteiger partial charge in [0, 0.05) is 32.2 Å². The highest BCUT2D eigenvalue weighted by molar-refractivity contribution is 7.89. The normalized spacial score (nSPS) is 20.2. The lowest BCUT2D eigenvalue weighted by atomic mass is 10.1. The van der Waals surface area contributed by atoms with Crippen molar-refractivity contribution in [1.29, 1.82) is 0 Å². The van der Waals surface area contributed by atoms with Gasteiger partial charge in [0.2, 0.25) is 10.0 Å². The summed E-state index contributed by atoms with van der Waals surface area (Å²) in [5, 5.41) is -0.333. The number of sulfonamides is 1. The van der Waals surface area contributed by atoms with Crippen LogP contribution in [0.2, 0.25) is 0 Å². The maximum Gasteiger partial charge on any atom is 0.216 e. The van der Waals surface area contributed by atoms with Gasteiger partial charge < -0.3 is 0 Å². The second kappa shape index (κ2) is 6.24. The van der Waals surface area contributed by atoms with E-state index in [2.05, 4.69) is 24.0 Å². The van der Waals surface area contributed by atoms with E-state index in [9.17, 15) is 8.42 Å². The zero-order valence-corrected chi connectivity index (χ0v) is 13.3. The van der Waals surface area contributed by atoms with Crippen LogP contribution in [0.5, 0.6) is 0 Å². The van der Waals surface area contributed by atoms with E-state index in [4.69, 9.17) is 0 Å². The molecule has 5 heteroatoms. The second-order valence-electron chi connectivity index (χ2n) is 5.62. The van der Waals surface area contributed by atoms with Crippen molar-refractivity contribution in [3.63, 3.8) is 0 Å². The van der Waals surface area contributed by atoms with Crippen molar-refractivity contribution in [3.05, 3.63) is 35.9 Å². The largest absolute Gasteiger partial charge is 0.294 e. The van der Waals surface area contributed by atoms with Gasteiger partial charge in [-0.15, -0.1) is 0 Å². The quantitative estimate of drug-likeness (QED) is 0.854. The highest BCUT2D eigenvalue weighted by Gasteiger charge is 2.30. The predicted molar refractivity (Wildman–Crippen MR) is 82.1 cm³/mol. The topological polar surface area (TPSA) is 40.6 Å². The van der Waals surface area contributed by atoms with Crippen molar-refractivity contribution in [2.75, 3.05) is 26.2 Å². The van der Waals surface area contributed by atoms with Gasteiger partial charge in [-0.3, -0.25) is 4.90 Å². The molecule has 1 aromatic rings. The minimum Gasteiger partial charge on any atom is -0.294 e. The van der Waals surface area contributed by atoms with Gasteiger partial charge in [0.25, 0.3) is 0 Å². The number of piperazine rings is 1. The summed E-state index contributed by atoms with van der Waals surface area (Å²) in [6.45, 7) is 8.45. The van der Waals surface area contributed by atoms with E-state index in [1.165, 1.54) is 5.56 Å². The molecule has 1 aromatic carbocycles. The van der Waals surface area contributed by atoms with Crippen LogP contribution in [0.4, 0.5) is 0 Å². The van der Waals surface area contributed by atoms with Crippen molar-refractivity contribution < 1.29 is 8.42 Å². The first-order chi connectivity index (χ1) is 9.43. The van der Waals surface area contributed by atoms with E-state index in [0.717, 1.165) is 13.1 Å². The molecule has 0 aromatic heterocycles. The van der Waals surface area contributed by atoms with Crippen molar-refractivity contribution >= 4 is 10.0 Å². The Bertz CT molecular complexity index is 520. The summed E-state index contributed by atoms with van der Waals surface area (Å²) >= 11 is 0. The van der Waals surface area contributed by atoms with Crippen molar-refractivity contribution in [2.45, 2.75) is 32.1 Å². The zero-order chi connectivity index (χ0) is 14.8. The lowest BCUT2D eigenvalue weighted by Crippen LogP contribution is -2.50. The van der Waals surface area contributed by atoms with Crippen LogP contribution < -0.4 is 0 Å². The number of hydrogen-bond acceptors (Lipinski definition) is 3. The highest BCUT2D eigenvalue weighted by atomic mass is 32.2. The smallest absolute Gasteiger partial charge is 0.216 e. The summed E-state index contributed by atoms with van der Waals surface area (Å²) in [5.41, 5.74) is 1.28. The Morgan fingerprint density at radius 1 is 0.950 bits per heavy atom. The van der Waals surface area contributed by atoms with Gasteiger partial charge in [-0.2, -0.15) is 4.31 Å². The summed E-state index contributed by atoms with van der Waals surface area (Å²) in [6.07, 6.45) is 0. The highest BCUT2D eigenvalue weighted by Crippen LogP contribution is 2.22. The molecule has 0 radical (unpaired) electrons. The van der Waals surface area contributed by atoms with Crippen LogP contribution in [0.25, 0.3) is 0 Å². The summed E-state index contributed by atoms with van der Waals surface area (Å²) in [7, 11) is -3.11. The zero-order valence-electron chi connectivity index (χ0n) is 12.5. The van der Waals surface area contributed by atoms with Crippen LogP contribution in [0.3, 0.4) is 0 Å². The number of hydrogen-bond donors (Lipinski definition) is 0. The predicted octanol–water partition coefficient (Wildman–Crippen LogP) is 2.10. The fourth-order valence-electron chi connectivity index (χ4n) is 2.59. The molecule has 0 N–H and O–H groups in total. The van der Waals surface area contributed by atoms with Gasteiger partial charge >= 0.3 is 0 Å². The van der Waals surface area contributed by atoms with E-state index in [1.807, 2.05) is 18.2 Å². The van der Waals surface area contributed by atoms with Crippen LogP contribution in [-0.4, -0.2) is 49.1 Å². The van der Waals surface area contributed by atoms with Gasteiger partial charge in [0.05, 0.1) is 5.25 Å². The standard InChI is InChI=1S/C15H24N2O2S/c1-13(2)20(18,19)17-11-9-16(10-12-17)14(3)15-7-5-4-6-8-15/h4-8,13-14H,9-12H2,1-3H3. The summed E-state index contributed by atoms with van der Waals surface area (Å²) in [4.78, 5) is 2.35. The Labute approximate surface area is 122 Å². The molecule has 2 rings (SSSR count). The second-order valence-corrected chi connectivity index (χ2v) is 8.10. The lowest BCUT2D eigenvalue weighted by Gasteiger charge is -2.38. The fourth-order valence-corrected chi connectivity index (χ4v) is 3.85. The van der Waals surface area contributed by atoms with Crippen molar-refractivity contribution in [3.8, 4) is 0 Å². The molecule has 1 unspecified atom stereocenters. The Morgan fingerprint density at radius 2 is 1.50 bits per heavy atom. The molecule has 0 aliphatic carbocycles. The molecule has 4 nitrogen and oxygen atoms in total. The third-order valence-electron chi connectivity index (χ3n) is 4.06. The lowest BCUT2D eigenvalue weighted by molar-refractivity contribution is 0.145. The number of nitrogens with zero attached hydrogens (tertiary/aromatic N) is 2. The third-order valence-corrected chi connectivity index (χ3v) is 6.33. The van der Waals surface area contributed by atoms with Crippen LogP contribution in [-0.2, 0) is 10.0 Å². The van der Waals surface area contributed by atoms with Crippen LogP contribution in [0.1, 0.15) is 32.4 Å². The molecular formula is C15H24N2O2S. The van der Waals surface area contributed by atoms with E-state index in [1.54, 1.807) is 18.2 Å². The first-order valence-corrected chi connectivity index (χ1v) is 8.71. The van der Waals surface area contributed by atoms with E-state index < -0.39 is 10.0 Å². The molecule has 1 saturated heterocycles. The first-order valence-electron chi connectivity index (χ1n) is 7.21. The number of benzene rings is 1. The molecule has 1 aliphatic heterocycles. The van der Waals surface area contributed by atoms with Gasteiger partial charge in [0.15, 0.2) is 0 Å². The number of rotatable bonds is 4. The van der Waals surface area contributed by atoms with Gasteiger partial charge in [0.1, 0.15) is 0 Å². The van der Waals surface area contributed by atoms with Crippen molar-refractivity contribution in [1.82, 2.24) is 9.21 Å². The van der Waals surface area contributed by atoms with E-state index in [-0.39, 0.29) is 5.25 Å². The Kier molecular flexibility index (Phi) is 4.83. The summed E-state index contributed by atoms with van der Waals surface area (Å²) < 4.78 is 25.9. The Morgan fingerprint density at radius 3 is 2.00 bits per heavy atom. The molecule has 1 atom stereocenters. The maximum absolute atomic E-state index is 12.1. The van der Waals surface area contributed by atoms with Gasteiger partial charge in [-0.05, 0) is 26.3 Å². The molecule has 0 saturated carbocycles. The molecular weight excluding hydrogens is 272 g/mol. The minimum absolute atomic E-state index is 0.333. The summed E-state index contributed by atoms with van der Waals surface area (Å²) in [6, 6.07) is 10.7. The molecule has 1 heterocycles. The molecule has 0 spiro atoms. The Hall–Kier alpha value is -0.910. The van der Waals surface area contributed by atoms with Crippen molar-refractivity contribution in [2.24, 2.45) is 0 Å². The monoisotopic (exact) mass is 296 g/mol. The molecule has 0 amide bonds.